The van der Waals surface area contributed by atoms with Crippen LogP contribution in [0.15, 0.2) is 30.3 Å². The van der Waals surface area contributed by atoms with Gasteiger partial charge in [-0.05, 0) is 47.4 Å². The van der Waals surface area contributed by atoms with Gasteiger partial charge in [-0.1, -0.05) is 41.9 Å². The fraction of sp³-hybridized carbons (Fsp3) is 0.500. The molecule has 0 spiro atoms. The minimum atomic E-state index is -1.27. The first kappa shape index (κ1) is 30.8. The van der Waals surface area contributed by atoms with Gasteiger partial charge in [0.15, 0.2) is 18.3 Å². The van der Waals surface area contributed by atoms with Crippen molar-refractivity contribution in [2.75, 3.05) is 13.2 Å². The quantitative estimate of drug-likeness (QED) is 0.294. The van der Waals surface area contributed by atoms with Crippen LogP contribution in [0.4, 0.5) is 0 Å². The average molecular weight is 615 g/mol. The zero-order valence-electron chi connectivity index (χ0n) is 24.6. The normalized spacial score (nSPS) is 24.3. The minimum absolute atomic E-state index is 0.305. The molecule has 2 aromatic rings. The largest absolute Gasteiger partial charge is 0.491 e. The van der Waals surface area contributed by atoms with Gasteiger partial charge in [-0.3, -0.25) is 19.2 Å². The van der Waals surface area contributed by atoms with Crippen LogP contribution >= 0.6 is 11.6 Å². The minimum Gasteiger partial charge on any atom is -0.491 e. The fourth-order valence-corrected chi connectivity index (χ4v) is 6.11. The van der Waals surface area contributed by atoms with E-state index in [0.717, 1.165) is 16.7 Å². The molecule has 0 N–H and O–H groups in total. The third-order valence-electron chi connectivity index (χ3n) is 7.75. The first-order valence-corrected chi connectivity index (χ1v) is 14.8. The molecule has 0 bridgehead atoms. The summed E-state index contributed by atoms with van der Waals surface area (Å²) in [5.41, 5.74) is 4.53. The highest BCUT2D eigenvalue weighted by atomic mass is 35.5. The highest BCUT2D eigenvalue weighted by molar-refractivity contribution is 6.33. The number of ether oxygens (including phenoxy) is 6. The van der Waals surface area contributed by atoms with E-state index in [9.17, 15) is 19.2 Å². The van der Waals surface area contributed by atoms with E-state index in [-0.39, 0.29) is 6.61 Å². The van der Waals surface area contributed by atoms with Crippen molar-refractivity contribution in [3.63, 3.8) is 0 Å². The van der Waals surface area contributed by atoms with Crippen LogP contribution in [0.2, 0.25) is 5.02 Å². The van der Waals surface area contributed by atoms with Crippen molar-refractivity contribution >= 4 is 35.5 Å². The number of fused-ring (bicyclic) bond motifs is 1. The summed E-state index contributed by atoms with van der Waals surface area (Å²) in [5.74, 6) is -1.46. The number of benzene rings is 2. The molecule has 5 atom stereocenters. The van der Waals surface area contributed by atoms with E-state index in [1.54, 1.807) is 0 Å². The predicted octanol–water partition coefficient (Wildman–Crippen LogP) is 4.54. The number of carbonyl (C=O) groups is 4. The summed E-state index contributed by atoms with van der Waals surface area (Å²) in [5, 5.41) is 0.480. The molecule has 2 fully saturated rings. The molecule has 1 saturated heterocycles. The van der Waals surface area contributed by atoms with Crippen molar-refractivity contribution in [3.8, 4) is 5.75 Å². The van der Waals surface area contributed by atoms with Crippen molar-refractivity contribution in [1.29, 1.82) is 0 Å². The van der Waals surface area contributed by atoms with Crippen molar-refractivity contribution < 1.29 is 47.6 Å². The lowest BCUT2D eigenvalue weighted by Crippen LogP contribution is -2.59. The summed E-state index contributed by atoms with van der Waals surface area (Å²) in [6.07, 6.45) is -2.34. The maximum atomic E-state index is 12.4. The van der Waals surface area contributed by atoms with Crippen molar-refractivity contribution in [2.45, 2.75) is 89.8 Å². The smallest absolute Gasteiger partial charge is 0.303 e. The molecule has 0 radical (unpaired) electrons. The highest BCUT2D eigenvalue weighted by Crippen LogP contribution is 2.46. The summed E-state index contributed by atoms with van der Waals surface area (Å²) in [7, 11) is 0. The Morgan fingerprint density at radius 1 is 0.860 bits per heavy atom. The summed E-state index contributed by atoms with van der Waals surface area (Å²) < 4.78 is 34.6. The molecule has 0 aromatic heterocycles. The second kappa shape index (κ2) is 12.9. The van der Waals surface area contributed by atoms with Crippen molar-refractivity contribution in [3.05, 3.63) is 63.2 Å². The van der Waals surface area contributed by atoms with Crippen LogP contribution in [0.1, 0.15) is 80.4 Å². The topological polar surface area (TPSA) is 124 Å². The van der Waals surface area contributed by atoms with Crippen LogP contribution in [0.25, 0.3) is 0 Å². The molecule has 3 aliphatic rings. The van der Waals surface area contributed by atoms with Crippen molar-refractivity contribution in [2.24, 2.45) is 0 Å². The third kappa shape index (κ3) is 7.13. The zero-order valence-corrected chi connectivity index (χ0v) is 25.3. The van der Waals surface area contributed by atoms with Crippen LogP contribution in [-0.4, -0.2) is 61.5 Å². The van der Waals surface area contributed by atoms with Crippen LogP contribution in [0.3, 0.4) is 0 Å². The number of esters is 4. The van der Waals surface area contributed by atoms with E-state index in [4.69, 9.17) is 40.0 Å². The Hall–Kier alpha value is -3.63. The van der Waals surface area contributed by atoms with E-state index in [0.29, 0.717) is 41.7 Å². The van der Waals surface area contributed by atoms with Crippen LogP contribution in [0, 0.1) is 0 Å². The third-order valence-corrected chi connectivity index (χ3v) is 8.17. The van der Waals surface area contributed by atoms with Crippen LogP contribution < -0.4 is 4.74 Å². The van der Waals surface area contributed by atoms with Gasteiger partial charge in [-0.15, -0.1) is 0 Å². The molecule has 5 rings (SSSR count). The van der Waals surface area contributed by atoms with E-state index >= 15 is 0 Å². The second-order valence-corrected chi connectivity index (χ2v) is 11.5. The molecular formula is C32H35ClO10. The molecule has 2 aromatic carbocycles. The van der Waals surface area contributed by atoms with Gasteiger partial charge in [0.1, 0.15) is 24.6 Å². The Morgan fingerprint density at radius 2 is 1.49 bits per heavy atom. The average Bonchev–Trinajstić information content (AvgIpc) is 3.67. The summed E-state index contributed by atoms with van der Waals surface area (Å²) in [4.78, 5) is 48.5. The number of halogens is 1. The molecule has 2 aliphatic heterocycles. The number of hydrogen-bond acceptors (Lipinski definition) is 10. The second-order valence-electron chi connectivity index (χ2n) is 11.2. The lowest BCUT2D eigenvalue weighted by Gasteiger charge is -2.45. The molecule has 1 aliphatic carbocycles. The molecule has 1 saturated carbocycles. The lowest BCUT2D eigenvalue weighted by atomic mass is 9.86. The molecule has 43 heavy (non-hydrogen) atoms. The predicted molar refractivity (Wildman–Crippen MR) is 153 cm³/mol. The molecule has 2 heterocycles. The van der Waals surface area contributed by atoms with Gasteiger partial charge < -0.3 is 28.4 Å². The molecule has 0 amide bonds. The van der Waals surface area contributed by atoms with Crippen LogP contribution in [-0.2, 0) is 55.7 Å². The summed E-state index contributed by atoms with van der Waals surface area (Å²) in [6.45, 7) is 4.92. The number of hydrogen-bond donors (Lipinski definition) is 0. The molecule has 11 heteroatoms. The summed E-state index contributed by atoms with van der Waals surface area (Å²) in [6, 6.07) is 10.4. The molecule has 10 nitrogen and oxygen atoms in total. The van der Waals surface area contributed by atoms with E-state index in [2.05, 4.69) is 24.3 Å². The van der Waals surface area contributed by atoms with Gasteiger partial charge in [0.25, 0.3) is 0 Å². The van der Waals surface area contributed by atoms with Gasteiger partial charge in [0, 0.05) is 39.7 Å². The Labute approximate surface area is 254 Å². The number of rotatable bonds is 9. The molecule has 230 valence electrons. The zero-order chi connectivity index (χ0) is 30.8. The van der Waals surface area contributed by atoms with E-state index < -0.39 is 54.4 Å². The van der Waals surface area contributed by atoms with Gasteiger partial charge in [0.2, 0.25) is 0 Å². The highest BCUT2D eigenvalue weighted by Gasteiger charge is 2.53. The van der Waals surface area contributed by atoms with Crippen molar-refractivity contribution in [1.82, 2.24) is 0 Å². The van der Waals surface area contributed by atoms with Gasteiger partial charge in [-0.25, -0.2) is 0 Å². The Kier molecular flexibility index (Phi) is 9.27. The van der Waals surface area contributed by atoms with E-state index in [1.165, 1.54) is 46.1 Å². The monoisotopic (exact) mass is 614 g/mol. The SMILES string of the molecule is CC(=O)OC[C@H]1OC(c2cc(Cc3ccc(C4CC4)cc3)c(Cl)c3c2CCO3)[C@H](OC(C)=O)[C@@H](OC(C)=O)[C@@H]1OC(C)=O. The lowest BCUT2D eigenvalue weighted by molar-refractivity contribution is -0.254. The number of carbonyl (C=O) groups excluding carboxylic acids is 4. The van der Waals surface area contributed by atoms with Gasteiger partial charge >= 0.3 is 23.9 Å². The Bertz CT molecular complexity index is 1400. The first-order valence-electron chi connectivity index (χ1n) is 14.4. The Morgan fingerprint density at radius 3 is 2.09 bits per heavy atom. The molecule has 1 unspecified atom stereocenters. The van der Waals surface area contributed by atoms with Gasteiger partial charge in [0.05, 0.1) is 11.6 Å². The Balaban J connectivity index is 1.58. The maximum absolute atomic E-state index is 12.4. The maximum Gasteiger partial charge on any atom is 0.303 e. The fourth-order valence-electron chi connectivity index (χ4n) is 5.82. The standard InChI is InChI=1S/C32H35ClO10/c1-16(34)39-15-26-30(40-17(2)35)32(42-19(4)37)31(41-18(3)36)29(43-26)25-14-23(27(33)28-24(25)11-12-38-28)13-20-5-7-21(8-6-20)22-9-10-22/h5-8,14,22,26,29-32H,9-13,15H2,1-4H3/t26-,29?,30-,31+,32+/m1/s1. The molecular weight excluding hydrogens is 580 g/mol. The van der Waals surface area contributed by atoms with E-state index in [1.807, 2.05) is 6.07 Å². The summed E-state index contributed by atoms with van der Waals surface area (Å²) >= 11 is 6.88. The van der Waals surface area contributed by atoms with Crippen LogP contribution in [0.5, 0.6) is 5.75 Å². The van der Waals surface area contributed by atoms with Gasteiger partial charge in [-0.2, -0.15) is 0 Å². The first-order chi connectivity index (χ1) is 20.5.